The number of hydrogen-bond acceptors (Lipinski definition) is 6. The molecule has 1 aliphatic carbocycles. The molecule has 10 heteroatoms. The third kappa shape index (κ3) is 2.78. The first-order valence-electron chi connectivity index (χ1n) is 8.92. The molecule has 144 valence electrons. The molecular formula is C18H18ClN7O2. The Morgan fingerprint density at radius 1 is 1.43 bits per heavy atom. The van der Waals surface area contributed by atoms with Gasteiger partial charge in [0.2, 0.25) is 17.7 Å². The number of H-pyrrole nitrogens is 1. The predicted octanol–water partition coefficient (Wildman–Crippen LogP) is 2.11. The number of carbonyl (C=O) groups excluding carboxylic acids is 1. The number of rotatable bonds is 5. The van der Waals surface area contributed by atoms with Crippen molar-refractivity contribution in [2.45, 2.75) is 6.10 Å². The molecule has 0 spiro atoms. The third-order valence-corrected chi connectivity index (χ3v) is 5.56. The molecule has 1 aliphatic heterocycles. The quantitative estimate of drug-likeness (QED) is 0.637. The maximum absolute atomic E-state index is 11.8. The van der Waals surface area contributed by atoms with E-state index in [1.54, 1.807) is 22.0 Å². The highest BCUT2D eigenvalue weighted by molar-refractivity contribution is 6.35. The molecule has 2 atom stereocenters. The molecule has 1 saturated heterocycles. The van der Waals surface area contributed by atoms with Gasteiger partial charge in [-0.25, -0.2) is 0 Å². The number of piperidine rings is 1. The first kappa shape index (κ1) is 17.1. The highest BCUT2D eigenvalue weighted by Crippen LogP contribution is 2.48. The van der Waals surface area contributed by atoms with Crippen LogP contribution in [0.1, 0.15) is 0 Å². The standard InChI is InChI=1S/C18H18ClN7O2/c1-3-13(27)26-7-10-11(8-26)15(10)28-17-14-12(19)5-20-16(14)23-18(24-17)22-9-4-21-25(2)6-9/h3-6,10-11,15H,1,7-8H2,2H3,(H2,20,22,23,24). The van der Waals surface area contributed by atoms with E-state index >= 15 is 0 Å². The van der Waals surface area contributed by atoms with Gasteiger partial charge in [0, 0.05) is 44.4 Å². The van der Waals surface area contributed by atoms with Crippen LogP contribution in [0.4, 0.5) is 11.6 Å². The van der Waals surface area contributed by atoms with Crippen LogP contribution in [0.2, 0.25) is 5.02 Å². The van der Waals surface area contributed by atoms with Gasteiger partial charge in [-0.05, 0) is 6.08 Å². The van der Waals surface area contributed by atoms with Crippen molar-refractivity contribution in [3.63, 3.8) is 0 Å². The summed E-state index contributed by atoms with van der Waals surface area (Å²) in [6.45, 7) is 4.90. The molecule has 2 unspecified atom stereocenters. The number of aromatic nitrogens is 5. The summed E-state index contributed by atoms with van der Waals surface area (Å²) in [5, 5.41) is 8.42. The molecule has 2 N–H and O–H groups in total. The topological polar surface area (TPSA) is 101 Å². The second-order valence-electron chi connectivity index (χ2n) is 7.10. The Bertz CT molecular complexity index is 1080. The molecule has 2 fully saturated rings. The highest BCUT2D eigenvalue weighted by Gasteiger charge is 2.59. The molecule has 0 radical (unpaired) electrons. The number of anilines is 2. The van der Waals surface area contributed by atoms with E-state index in [1.165, 1.54) is 6.08 Å². The average molecular weight is 400 g/mol. The summed E-state index contributed by atoms with van der Waals surface area (Å²) in [6, 6.07) is 0. The van der Waals surface area contributed by atoms with Crippen LogP contribution in [0, 0.1) is 11.8 Å². The predicted molar refractivity (Wildman–Crippen MR) is 104 cm³/mol. The van der Waals surface area contributed by atoms with Crippen LogP contribution in [0.15, 0.2) is 31.2 Å². The zero-order valence-electron chi connectivity index (χ0n) is 15.1. The Morgan fingerprint density at radius 2 is 2.21 bits per heavy atom. The number of aromatic amines is 1. The van der Waals surface area contributed by atoms with Crippen LogP contribution in [0.3, 0.4) is 0 Å². The number of aryl methyl sites for hydroxylation is 1. The Balaban J connectivity index is 1.39. The molecular weight excluding hydrogens is 382 g/mol. The molecule has 5 rings (SSSR count). The fourth-order valence-electron chi connectivity index (χ4n) is 3.80. The number of nitrogens with zero attached hydrogens (tertiary/aromatic N) is 5. The van der Waals surface area contributed by atoms with E-state index in [9.17, 15) is 4.79 Å². The minimum atomic E-state index is -0.0352. The number of amides is 1. The monoisotopic (exact) mass is 399 g/mol. The Morgan fingerprint density at radius 3 is 2.89 bits per heavy atom. The van der Waals surface area contributed by atoms with Crippen LogP contribution in [-0.2, 0) is 11.8 Å². The van der Waals surface area contributed by atoms with Crippen molar-refractivity contribution >= 4 is 40.2 Å². The van der Waals surface area contributed by atoms with Gasteiger partial charge in [-0.2, -0.15) is 15.1 Å². The van der Waals surface area contributed by atoms with Gasteiger partial charge in [-0.3, -0.25) is 9.48 Å². The average Bonchev–Trinajstić information content (AvgIpc) is 3.11. The molecule has 28 heavy (non-hydrogen) atoms. The summed E-state index contributed by atoms with van der Waals surface area (Å²) < 4.78 is 7.90. The lowest BCUT2D eigenvalue weighted by molar-refractivity contribution is -0.125. The van der Waals surface area contributed by atoms with Gasteiger partial charge >= 0.3 is 0 Å². The number of ether oxygens (including phenoxy) is 1. The number of carbonyl (C=O) groups is 1. The van der Waals surface area contributed by atoms with Crippen molar-refractivity contribution in [3.8, 4) is 5.88 Å². The molecule has 4 heterocycles. The maximum Gasteiger partial charge on any atom is 0.245 e. The summed E-state index contributed by atoms with van der Waals surface area (Å²) in [4.78, 5) is 25.6. The fraction of sp³-hybridized carbons (Fsp3) is 0.333. The summed E-state index contributed by atoms with van der Waals surface area (Å²) in [6.07, 6.45) is 6.55. The second-order valence-corrected chi connectivity index (χ2v) is 7.50. The number of fused-ring (bicyclic) bond motifs is 2. The van der Waals surface area contributed by atoms with Gasteiger partial charge in [-0.15, -0.1) is 0 Å². The van der Waals surface area contributed by atoms with E-state index in [-0.39, 0.29) is 12.0 Å². The van der Waals surface area contributed by atoms with E-state index in [2.05, 4.69) is 31.9 Å². The van der Waals surface area contributed by atoms with Crippen LogP contribution >= 0.6 is 11.6 Å². The molecule has 9 nitrogen and oxygen atoms in total. The van der Waals surface area contributed by atoms with Crippen LogP contribution in [0.5, 0.6) is 5.88 Å². The van der Waals surface area contributed by atoms with E-state index in [1.807, 2.05) is 13.2 Å². The normalized spacial score (nSPS) is 22.9. The lowest BCUT2D eigenvalue weighted by Gasteiger charge is -2.18. The van der Waals surface area contributed by atoms with Crippen LogP contribution < -0.4 is 10.1 Å². The number of halogens is 1. The zero-order chi connectivity index (χ0) is 19.4. The first-order valence-corrected chi connectivity index (χ1v) is 9.29. The van der Waals surface area contributed by atoms with Gasteiger partial charge in [0.25, 0.3) is 0 Å². The van der Waals surface area contributed by atoms with E-state index < -0.39 is 0 Å². The number of nitrogens with one attached hydrogen (secondary N) is 2. The van der Waals surface area contributed by atoms with E-state index in [0.29, 0.717) is 52.8 Å². The highest BCUT2D eigenvalue weighted by atomic mass is 35.5. The summed E-state index contributed by atoms with van der Waals surface area (Å²) >= 11 is 6.31. The van der Waals surface area contributed by atoms with Crippen molar-refractivity contribution in [2.75, 3.05) is 18.4 Å². The van der Waals surface area contributed by atoms with Crippen molar-refractivity contribution < 1.29 is 9.53 Å². The number of hydrogen-bond donors (Lipinski definition) is 2. The van der Waals surface area contributed by atoms with Crippen LogP contribution in [-0.4, -0.2) is 54.7 Å². The van der Waals surface area contributed by atoms with Gasteiger partial charge < -0.3 is 19.9 Å². The van der Waals surface area contributed by atoms with Gasteiger partial charge in [-0.1, -0.05) is 18.2 Å². The SMILES string of the molecule is C=CC(=O)N1CC2C(C1)C2Oc1nc(Nc2cnn(C)c2)nc2[nH]cc(Cl)c12. The van der Waals surface area contributed by atoms with Crippen molar-refractivity contribution in [3.05, 3.63) is 36.3 Å². The van der Waals surface area contributed by atoms with Gasteiger partial charge in [0.1, 0.15) is 11.8 Å². The molecule has 0 bridgehead atoms. The minimum absolute atomic E-state index is 0.0178. The lowest BCUT2D eigenvalue weighted by Crippen LogP contribution is -2.31. The van der Waals surface area contributed by atoms with Crippen molar-refractivity contribution in [1.82, 2.24) is 29.6 Å². The number of likely N-dealkylation sites (tertiary alicyclic amines) is 1. The summed E-state index contributed by atoms with van der Waals surface area (Å²) in [5.74, 6) is 1.40. The minimum Gasteiger partial charge on any atom is -0.473 e. The second kappa shape index (κ2) is 6.23. The summed E-state index contributed by atoms with van der Waals surface area (Å²) in [5.41, 5.74) is 1.36. The largest absolute Gasteiger partial charge is 0.473 e. The summed E-state index contributed by atoms with van der Waals surface area (Å²) in [7, 11) is 1.83. The Hall–Kier alpha value is -3.07. The lowest BCUT2D eigenvalue weighted by atomic mass is 10.3. The van der Waals surface area contributed by atoms with E-state index in [4.69, 9.17) is 16.3 Å². The molecule has 3 aromatic heterocycles. The molecule has 0 aromatic carbocycles. The van der Waals surface area contributed by atoms with Crippen molar-refractivity contribution in [1.29, 1.82) is 0 Å². The van der Waals surface area contributed by atoms with Gasteiger partial charge in [0.05, 0.1) is 22.3 Å². The molecule has 1 saturated carbocycles. The first-order chi connectivity index (χ1) is 13.5. The van der Waals surface area contributed by atoms with Crippen molar-refractivity contribution in [2.24, 2.45) is 18.9 Å². The Kier molecular flexibility index (Phi) is 3.80. The molecule has 2 aliphatic rings. The van der Waals surface area contributed by atoms with Gasteiger partial charge in [0.15, 0.2) is 0 Å². The maximum atomic E-state index is 11.8. The third-order valence-electron chi connectivity index (χ3n) is 5.26. The zero-order valence-corrected chi connectivity index (χ0v) is 15.8. The molecule has 3 aromatic rings. The molecule has 1 amide bonds. The van der Waals surface area contributed by atoms with E-state index in [0.717, 1.165) is 5.69 Å². The smallest absolute Gasteiger partial charge is 0.245 e. The fourth-order valence-corrected chi connectivity index (χ4v) is 4.03. The Labute approximate surface area is 165 Å². The van der Waals surface area contributed by atoms with Crippen LogP contribution in [0.25, 0.3) is 11.0 Å².